The van der Waals surface area contributed by atoms with Gasteiger partial charge in [-0.25, -0.2) is 0 Å². The van der Waals surface area contributed by atoms with Crippen molar-refractivity contribution in [2.45, 2.75) is 90.9 Å². The molecular formula is C34H58N6O8. The molecule has 272 valence electrons. The summed E-state index contributed by atoms with van der Waals surface area (Å²) in [5.41, 5.74) is 0. The minimum atomic E-state index is -1.16. The molecule has 1 heterocycles. The Morgan fingerprint density at radius 2 is 1.62 bits per heavy atom. The van der Waals surface area contributed by atoms with E-state index in [1.807, 2.05) is 0 Å². The van der Waals surface area contributed by atoms with E-state index in [2.05, 4.69) is 33.3 Å². The predicted octanol–water partition coefficient (Wildman–Crippen LogP) is -0.244. The molecule has 0 spiro atoms. The van der Waals surface area contributed by atoms with Gasteiger partial charge in [0.15, 0.2) is 5.78 Å². The summed E-state index contributed by atoms with van der Waals surface area (Å²) < 4.78 is 11.4. The second kappa shape index (κ2) is 21.6. The summed E-state index contributed by atoms with van der Waals surface area (Å²) in [6.07, 6.45) is 6.83. The number of carbonyl (C=O) groups excluding carboxylic acids is 5. The van der Waals surface area contributed by atoms with Crippen LogP contribution in [0.4, 0.5) is 0 Å². The monoisotopic (exact) mass is 678 g/mol. The number of terminal acetylenes is 1. The Hall–Kier alpha value is -3.35. The Morgan fingerprint density at radius 1 is 1.00 bits per heavy atom. The van der Waals surface area contributed by atoms with Gasteiger partial charge in [0.25, 0.3) is 0 Å². The number of carbonyl (C=O) groups is 5. The molecular weight excluding hydrogens is 620 g/mol. The second-order valence-corrected chi connectivity index (χ2v) is 12.8. The number of morpholine rings is 1. The number of nitrogens with one attached hydrogen (secondary N) is 3. The van der Waals surface area contributed by atoms with Crippen molar-refractivity contribution in [1.29, 1.82) is 0 Å². The molecule has 4 N–H and O–H groups in total. The van der Waals surface area contributed by atoms with Crippen LogP contribution < -0.4 is 16.0 Å². The number of Topliss-reactive ketones (excluding diaryl/α,β-unsaturated/α-hetero) is 1. The van der Waals surface area contributed by atoms with Crippen LogP contribution in [0.3, 0.4) is 0 Å². The first-order chi connectivity index (χ1) is 22.5. The van der Waals surface area contributed by atoms with E-state index < -0.39 is 78.5 Å². The molecule has 48 heavy (non-hydrogen) atoms. The van der Waals surface area contributed by atoms with Gasteiger partial charge in [0.1, 0.15) is 30.5 Å². The number of ketones is 1. The Balaban J connectivity index is 3.00. The summed E-state index contributed by atoms with van der Waals surface area (Å²) in [6.45, 7) is 17.3. The fourth-order valence-corrected chi connectivity index (χ4v) is 4.97. The highest BCUT2D eigenvalue weighted by Gasteiger charge is 2.39. The lowest BCUT2D eigenvalue weighted by Crippen LogP contribution is -2.61. The van der Waals surface area contributed by atoms with Crippen LogP contribution in [0.1, 0.15) is 54.4 Å². The largest absolute Gasteiger partial charge is 0.379 e. The Morgan fingerprint density at radius 3 is 2.17 bits per heavy atom. The van der Waals surface area contributed by atoms with Crippen LogP contribution in [0.15, 0.2) is 12.7 Å². The van der Waals surface area contributed by atoms with E-state index in [1.165, 1.54) is 32.7 Å². The number of rotatable bonds is 21. The molecule has 1 saturated heterocycles. The van der Waals surface area contributed by atoms with Gasteiger partial charge in [-0.1, -0.05) is 32.8 Å². The van der Waals surface area contributed by atoms with Crippen LogP contribution in [0.25, 0.3) is 0 Å². The zero-order valence-corrected chi connectivity index (χ0v) is 30.0. The zero-order valence-electron chi connectivity index (χ0n) is 30.0. The number of amides is 4. The molecule has 1 rings (SSSR count). The van der Waals surface area contributed by atoms with Crippen molar-refractivity contribution >= 4 is 29.4 Å². The van der Waals surface area contributed by atoms with Gasteiger partial charge in [0.05, 0.1) is 25.8 Å². The first-order valence-corrected chi connectivity index (χ1v) is 16.6. The van der Waals surface area contributed by atoms with Gasteiger partial charge in [-0.3, -0.25) is 33.8 Å². The molecule has 1 aliphatic heterocycles. The summed E-state index contributed by atoms with van der Waals surface area (Å²) in [4.78, 5) is 68.8. The zero-order chi connectivity index (χ0) is 36.6. The van der Waals surface area contributed by atoms with E-state index in [1.54, 1.807) is 33.9 Å². The van der Waals surface area contributed by atoms with E-state index in [0.29, 0.717) is 26.2 Å². The molecule has 7 atom stereocenters. The molecule has 14 heteroatoms. The highest BCUT2D eigenvalue weighted by atomic mass is 16.5. The summed E-state index contributed by atoms with van der Waals surface area (Å²) in [5.74, 6) is -0.802. The fraction of sp³-hybridized carbons (Fsp3) is 0.735. The topological polar surface area (TPSA) is 170 Å². The van der Waals surface area contributed by atoms with Gasteiger partial charge in [-0.2, -0.15) is 0 Å². The van der Waals surface area contributed by atoms with Crippen LogP contribution in [0.5, 0.6) is 0 Å². The van der Waals surface area contributed by atoms with E-state index in [9.17, 15) is 29.1 Å². The number of hydrogen-bond acceptors (Lipinski definition) is 10. The molecule has 4 amide bonds. The van der Waals surface area contributed by atoms with Gasteiger partial charge in [0, 0.05) is 32.7 Å². The van der Waals surface area contributed by atoms with Crippen molar-refractivity contribution in [2.24, 2.45) is 11.8 Å². The first-order valence-electron chi connectivity index (χ1n) is 16.6. The molecule has 0 aromatic rings. The number of likely N-dealkylation sites (N-methyl/N-ethyl adjacent to an activating group) is 2. The van der Waals surface area contributed by atoms with E-state index in [0.717, 1.165) is 31.0 Å². The lowest BCUT2D eigenvalue weighted by molar-refractivity contribution is -0.145. The number of nitrogens with zero attached hydrogens (tertiary/aromatic N) is 3. The van der Waals surface area contributed by atoms with Gasteiger partial charge in [-0.05, 0) is 53.1 Å². The summed E-state index contributed by atoms with van der Waals surface area (Å²) in [5, 5.41) is 18.8. The molecule has 1 fully saturated rings. The molecule has 0 bridgehead atoms. The van der Waals surface area contributed by atoms with Gasteiger partial charge >= 0.3 is 0 Å². The average Bonchev–Trinajstić information content (AvgIpc) is 3.05. The van der Waals surface area contributed by atoms with Gasteiger partial charge in [0.2, 0.25) is 23.6 Å². The Bertz CT molecular complexity index is 1120. The van der Waals surface area contributed by atoms with Crippen molar-refractivity contribution in [2.75, 3.05) is 60.1 Å². The maximum Gasteiger partial charge on any atom is 0.245 e. The number of aliphatic hydroxyl groups excluding tert-OH is 1. The number of ether oxygens (including phenoxy) is 2. The van der Waals surface area contributed by atoms with Crippen molar-refractivity contribution < 1.29 is 38.6 Å². The summed E-state index contributed by atoms with van der Waals surface area (Å²) in [6, 6.07) is -3.88. The van der Waals surface area contributed by atoms with Crippen LogP contribution in [0.2, 0.25) is 0 Å². The number of unbranched alkanes of at least 4 members (excludes halogenated alkanes) is 1. The van der Waals surface area contributed by atoms with E-state index in [4.69, 9.17) is 15.9 Å². The van der Waals surface area contributed by atoms with Crippen molar-refractivity contribution in [1.82, 2.24) is 30.7 Å². The minimum absolute atomic E-state index is 0.230. The molecule has 0 aromatic carbocycles. The van der Waals surface area contributed by atoms with Gasteiger partial charge in [-0.15, -0.1) is 13.0 Å². The predicted molar refractivity (Wildman–Crippen MR) is 182 cm³/mol. The van der Waals surface area contributed by atoms with Crippen molar-refractivity contribution in [3.63, 3.8) is 0 Å². The Labute approximate surface area is 286 Å². The molecule has 0 aromatic heterocycles. The SMILES string of the molecule is C#C[C@@H](OCCCCN1CCOCC1)[C@@H](C(=O)N[C@H](C(=O)N(C)CC(=O)N[C@@H](C)C(=O)N[C@H](C)C(C)=O)C(C)C)N(C)C(O)[C@H](C)C=C. The van der Waals surface area contributed by atoms with Crippen LogP contribution in [-0.4, -0.2) is 146 Å². The molecule has 0 radical (unpaired) electrons. The standard InChI is InChI=1S/C34H58N6O8/c1-11-23(5)33(45)39(10)30(27(12-2)48-18-14-13-15-40-16-19-47-20-17-40)32(44)37-29(22(3)4)34(46)38(9)21-28(42)35-25(7)31(43)36-24(6)26(8)41/h2,11,22-25,27,29-30,33,45H,1,13-21H2,3-10H3,(H,35,42)(H,36,43)(H,37,44)/t23-,24-,25+,27-,29+,30+,33?/m1/s1. The molecule has 0 saturated carbocycles. The fourth-order valence-electron chi connectivity index (χ4n) is 4.97. The summed E-state index contributed by atoms with van der Waals surface area (Å²) >= 11 is 0. The van der Waals surface area contributed by atoms with Crippen molar-refractivity contribution in [3.05, 3.63) is 12.7 Å². The quantitative estimate of drug-likeness (QED) is 0.0550. The van der Waals surface area contributed by atoms with Crippen molar-refractivity contribution in [3.8, 4) is 12.3 Å². The normalized spacial score (nSPS) is 18.0. The second-order valence-electron chi connectivity index (χ2n) is 12.8. The Kier molecular flexibility index (Phi) is 19.2. The highest BCUT2D eigenvalue weighted by molar-refractivity contribution is 5.94. The minimum Gasteiger partial charge on any atom is -0.379 e. The van der Waals surface area contributed by atoms with E-state index in [-0.39, 0.29) is 5.78 Å². The van der Waals surface area contributed by atoms with Gasteiger partial charge < -0.3 is 35.4 Å². The number of aliphatic hydroxyl groups is 1. The maximum absolute atomic E-state index is 13.9. The average molecular weight is 679 g/mol. The van der Waals surface area contributed by atoms with Crippen LogP contribution >= 0.6 is 0 Å². The third-order valence-corrected chi connectivity index (χ3v) is 8.41. The lowest BCUT2D eigenvalue weighted by atomic mass is 10.00. The smallest absolute Gasteiger partial charge is 0.245 e. The van der Waals surface area contributed by atoms with Crippen LogP contribution in [-0.2, 0) is 33.4 Å². The highest BCUT2D eigenvalue weighted by Crippen LogP contribution is 2.17. The van der Waals surface area contributed by atoms with Crippen LogP contribution in [0, 0.1) is 24.2 Å². The molecule has 1 aliphatic rings. The maximum atomic E-state index is 13.9. The first kappa shape index (κ1) is 42.7. The third-order valence-electron chi connectivity index (χ3n) is 8.41. The molecule has 14 nitrogen and oxygen atoms in total. The number of hydrogen-bond donors (Lipinski definition) is 4. The van der Waals surface area contributed by atoms with E-state index >= 15 is 0 Å². The lowest BCUT2D eigenvalue weighted by Gasteiger charge is -2.37. The summed E-state index contributed by atoms with van der Waals surface area (Å²) in [7, 11) is 2.97. The molecule has 0 aliphatic carbocycles. The molecule has 1 unspecified atom stereocenters. The third kappa shape index (κ3) is 14.0.